The molecule has 0 N–H and O–H groups in total. The van der Waals surface area contributed by atoms with E-state index in [1.54, 1.807) is 4.90 Å². The number of amides is 1. The summed E-state index contributed by atoms with van der Waals surface area (Å²) in [7, 11) is 0. The molecule has 5 heteroatoms. The van der Waals surface area contributed by atoms with Crippen LogP contribution in [0.4, 0.5) is 4.79 Å². The summed E-state index contributed by atoms with van der Waals surface area (Å²) in [6.45, 7) is 4.19. The molecule has 0 aromatic heterocycles. The van der Waals surface area contributed by atoms with Gasteiger partial charge in [-0.2, -0.15) is 0 Å². The molecule has 2 rings (SSSR count). The van der Waals surface area contributed by atoms with Gasteiger partial charge in [-0.05, 0) is 18.8 Å². The molecule has 1 aliphatic carbocycles. The predicted molar refractivity (Wildman–Crippen MR) is 88.4 cm³/mol. The van der Waals surface area contributed by atoms with Crippen molar-refractivity contribution in [1.82, 2.24) is 4.90 Å². The summed E-state index contributed by atoms with van der Waals surface area (Å²) in [6.07, 6.45) is 8.45. The fourth-order valence-electron chi connectivity index (χ4n) is 3.50. The molecule has 1 amide bonds. The summed E-state index contributed by atoms with van der Waals surface area (Å²) in [4.78, 5) is 26.4. The van der Waals surface area contributed by atoms with Gasteiger partial charge >= 0.3 is 6.09 Å². The van der Waals surface area contributed by atoms with Gasteiger partial charge in [-0.15, -0.1) is 0 Å². The number of Topliss-reactive ketones (excluding diaryl/α,β-unsaturated/α-hetero) is 1. The summed E-state index contributed by atoms with van der Waals surface area (Å²) in [6, 6.07) is 0. The summed E-state index contributed by atoms with van der Waals surface area (Å²) in [5.41, 5.74) is 0. The standard InChI is InChI=1S/C18H31NO4/c1-2-7-16(20)17(14-15-8-5-3-4-6-9-15)23-18(21)19-10-12-22-13-11-19/h15,17H,2-14H2,1H3/t17-/m0/s1. The van der Waals surface area contributed by atoms with Crippen molar-refractivity contribution in [2.24, 2.45) is 5.92 Å². The van der Waals surface area contributed by atoms with Gasteiger partial charge in [0.1, 0.15) is 0 Å². The van der Waals surface area contributed by atoms with Crippen molar-refractivity contribution < 1.29 is 19.1 Å². The SMILES string of the molecule is CCCC(=O)[C@H](CC1CCCCCC1)OC(=O)N1CCOCC1. The maximum absolute atomic E-state index is 12.4. The minimum absolute atomic E-state index is 0.0818. The molecule has 0 aromatic rings. The lowest BCUT2D eigenvalue weighted by Crippen LogP contribution is -2.43. The number of ether oxygens (including phenoxy) is 2. The first-order valence-electron chi connectivity index (χ1n) is 9.26. The zero-order chi connectivity index (χ0) is 16.5. The topological polar surface area (TPSA) is 55.8 Å². The van der Waals surface area contributed by atoms with Crippen molar-refractivity contribution in [3.8, 4) is 0 Å². The Bertz CT molecular complexity index is 371. The van der Waals surface area contributed by atoms with Crippen LogP contribution in [0.3, 0.4) is 0 Å². The van der Waals surface area contributed by atoms with E-state index in [9.17, 15) is 9.59 Å². The van der Waals surface area contributed by atoms with Gasteiger partial charge in [0.15, 0.2) is 11.9 Å². The van der Waals surface area contributed by atoms with Crippen molar-refractivity contribution >= 4 is 11.9 Å². The third kappa shape index (κ3) is 6.13. The third-order valence-corrected chi connectivity index (χ3v) is 4.89. The Labute approximate surface area is 139 Å². The van der Waals surface area contributed by atoms with Crippen LogP contribution >= 0.6 is 0 Å². The molecule has 0 aromatic carbocycles. The second-order valence-corrected chi connectivity index (χ2v) is 6.78. The fourth-order valence-corrected chi connectivity index (χ4v) is 3.50. The molecule has 1 saturated carbocycles. The highest BCUT2D eigenvalue weighted by Crippen LogP contribution is 2.28. The highest BCUT2D eigenvalue weighted by atomic mass is 16.6. The number of carbonyl (C=O) groups is 2. The smallest absolute Gasteiger partial charge is 0.410 e. The summed E-state index contributed by atoms with van der Waals surface area (Å²) < 4.78 is 10.9. The van der Waals surface area contributed by atoms with E-state index in [4.69, 9.17) is 9.47 Å². The Morgan fingerprint density at radius 2 is 1.78 bits per heavy atom. The average molecular weight is 325 g/mol. The molecule has 1 aliphatic heterocycles. The van der Waals surface area contributed by atoms with Gasteiger partial charge in [-0.1, -0.05) is 45.4 Å². The quantitative estimate of drug-likeness (QED) is 0.701. The van der Waals surface area contributed by atoms with Crippen LogP contribution in [0.25, 0.3) is 0 Å². The number of ketones is 1. The van der Waals surface area contributed by atoms with E-state index < -0.39 is 6.10 Å². The number of morpholine rings is 1. The van der Waals surface area contributed by atoms with Crippen LogP contribution in [0.1, 0.15) is 64.7 Å². The lowest BCUT2D eigenvalue weighted by atomic mass is 9.91. The molecule has 132 valence electrons. The number of hydrogen-bond donors (Lipinski definition) is 0. The monoisotopic (exact) mass is 325 g/mol. The maximum atomic E-state index is 12.4. The second-order valence-electron chi connectivity index (χ2n) is 6.78. The van der Waals surface area contributed by atoms with Crippen LogP contribution in [0.15, 0.2) is 0 Å². The highest BCUT2D eigenvalue weighted by molar-refractivity contribution is 5.85. The molecule has 0 spiro atoms. The lowest BCUT2D eigenvalue weighted by molar-refractivity contribution is -0.129. The summed E-state index contributed by atoms with van der Waals surface area (Å²) in [5.74, 6) is 0.596. The van der Waals surface area contributed by atoms with Crippen LogP contribution in [-0.2, 0) is 14.3 Å². The van der Waals surface area contributed by atoms with Crippen molar-refractivity contribution in [2.75, 3.05) is 26.3 Å². The molecule has 1 heterocycles. The number of rotatable bonds is 6. The summed E-state index contributed by atoms with van der Waals surface area (Å²) >= 11 is 0. The van der Waals surface area contributed by atoms with Crippen molar-refractivity contribution in [3.05, 3.63) is 0 Å². The molecule has 23 heavy (non-hydrogen) atoms. The molecular formula is C18H31NO4. The van der Waals surface area contributed by atoms with Crippen molar-refractivity contribution in [2.45, 2.75) is 70.8 Å². The van der Waals surface area contributed by atoms with Crippen LogP contribution in [0.5, 0.6) is 0 Å². The van der Waals surface area contributed by atoms with Gasteiger partial charge in [0.05, 0.1) is 13.2 Å². The molecule has 0 radical (unpaired) electrons. The largest absolute Gasteiger partial charge is 0.438 e. The van der Waals surface area contributed by atoms with E-state index in [1.165, 1.54) is 25.7 Å². The Hall–Kier alpha value is -1.10. The van der Waals surface area contributed by atoms with Crippen molar-refractivity contribution in [1.29, 1.82) is 0 Å². The number of nitrogens with zero attached hydrogens (tertiary/aromatic N) is 1. The molecule has 0 unspecified atom stereocenters. The van der Waals surface area contributed by atoms with Crippen molar-refractivity contribution in [3.63, 3.8) is 0 Å². The molecule has 1 saturated heterocycles. The Morgan fingerprint density at radius 3 is 2.39 bits per heavy atom. The molecule has 1 atom stereocenters. The minimum Gasteiger partial charge on any atom is -0.438 e. The van der Waals surface area contributed by atoms with Gasteiger partial charge in [-0.3, -0.25) is 4.79 Å². The highest BCUT2D eigenvalue weighted by Gasteiger charge is 2.29. The zero-order valence-corrected chi connectivity index (χ0v) is 14.4. The minimum atomic E-state index is -0.562. The van der Waals surface area contributed by atoms with Crippen LogP contribution in [0.2, 0.25) is 0 Å². The Balaban J connectivity index is 1.92. The van der Waals surface area contributed by atoms with Crippen LogP contribution in [-0.4, -0.2) is 49.2 Å². The maximum Gasteiger partial charge on any atom is 0.410 e. The third-order valence-electron chi connectivity index (χ3n) is 4.89. The van der Waals surface area contributed by atoms with E-state index >= 15 is 0 Å². The molecular weight excluding hydrogens is 294 g/mol. The predicted octanol–water partition coefficient (Wildman–Crippen LogP) is 3.55. The van der Waals surface area contributed by atoms with Crippen LogP contribution in [0, 0.1) is 5.92 Å². The Morgan fingerprint density at radius 1 is 1.13 bits per heavy atom. The van der Waals surface area contributed by atoms with E-state index in [0.29, 0.717) is 45.1 Å². The first-order chi connectivity index (χ1) is 11.2. The second kappa shape index (κ2) is 9.91. The van der Waals surface area contributed by atoms with E-state index in [2.05, 4.69) is 0 Å². The molecule has 2 fully saturated rings. The molecule has 2 aliphatic rings. The fraction of sp³-hybridized carbons (Fsp3) is 0.889. The zero-order valence-electron chi connectivity index (χ0n) is 14.4. The van der Waals surface area contributed by atoms with Gasteiger partial charge in [-0.25, -0.2) is 4.79 Å². The van der Waals surface area contributed by atoms with E-state index in [1.807, 2.05) is 6.92 Å². The van der Waals surface area contributed by atoms with Crippen LogP contribution < -0.4 is 0 Å². The number of hydrogen-bond acceptors (Lipinski definition) is 4. The molecule has 0 bridgehead atoms. The van der Waals surface area contributed by atoms with Gasteiger partial charge in [0.25, 0.3) is 0 Å². The van der Waals surface area contributed by atoms with Gasteiger partial charge < -0.3 is 14.4 Å². The first-order valence-corrected chi connectivity index (χ1v) is 9.26. The van der Waals surface area contributed by atoms with E-state index in [-0.39, 0.29) is 11.9 Å². The van der Waals surface area contributed by atoms with Gasteiger partial charge in [0.2, 0.25) is 0 Å². The molecule has 5 nitrogen and oxygen atoms in total. The Kier molecular flexibility index (Phi) is 7.86. The number of carbonyl (C=O) groups excluding carboxylic acids is 2. The first kappa shape index (κ1) is 18.2. The summed E-state index contributed by atoms with van der Waals surface area (Å²) in [5, 5.41) is 0. The van der Waals surface area contributed by atoms with E-state index in [0.717, 1.165) is 19.3 Å². The normalized spacial score (nSPS) is 21.5. The van der Waals surface area contributed by atoms with Gasteiger partial charge in [0, 0.05) is 19.5 Å². The average Bonchev–Trinajstić information content (AvgIpc) is 2.84. The lowest BCUT2D eigenvalue weighted by Gasteiger charge is -2.29.